The smallest absolute Gasteiger partial charge is 0.251 e. The van der Waals surface area contributed by atoms with Crippen molar-refractivity contribution in [3.8, 4) is 6.07 Å². The maximum Gasteiger partial charge on any atom is 0.251 e. The first-order valence-electron chi connectivity index (χ1n) is 8.32. The summed E-state index contributed by atoms with van der Waals surface area (Å²) >= 11 is 0. The largest absolute Gasteiger partial charge is 0.348 e. The van der Waals surface area contributed by atoms with E-state index in [2.05, 4.69) is 40.6 Å². The molecule has 4 nitrogen and oxygen atoms in total. The molecule has 24 heavy (non-hydrogen) atoms. The second-order valence-electron chi connectivity index (χ2n) is 6.22. The van der Waals surface area contributed by atoms with Crippen LogP contribution in [0.5, 0.6) is 0 Å². The summed E-state index contributed by atoms with van der Waals surface area (Å²) in [6.07, 6.45) is 2.10. The lowest BCUT2D eigenvalue weighted by Gasteiger charge is -2.33. The quantitative estimate of drug-likeness (QED) is 0.942. The minimum absolute atomic E-state index is 0.0638. The van der Waals surface area contributed by atoms with E-state index in [1.165, 1.54) is 5.56 Å². The van der Waals surface area contributed by atoms with Crippen LogP contribution < -0.4 is 5.32 Å². The van der Waals surface area contributed by atoms with Crippen molar-refractivity contribution in [1.29, 1.82) is 5.26 Å². The predicted molar refractivity (Wildman–Crippen MR) is 93.4 cm³/mol. The van der Waals surface area contributed by atoms with Crippen LogP contribution in [0, 0.1) is 11.3 Å². The molecule has 0 radical (unpaired) electrons. The summed E-state index contributed by atoms with van der Waals surface area (Å²) in [7, 11) is 0. The fourth-order valence-electron chi connectivity index (χ4n) is 3.12. The molecule has 0 aliphatic carbocycles. The molecule has 0 saturated carbocycles. The summed E-state index contributed by atoms with van der Waals surface area (Å²) in [5.41, 5.74) is 2.48. The molecule has 1 heterocycles. The number of likely N-dealkylation sites (tertiary alicyclic amines) is 1. The van der Waals surface area contributed by atoms with Crippen LogP contribution in [-0.4, -0.2) is 29.9 Å². The van der Waals surface area contributed by atoms with E-state index in [0.717, 1.165) is 32.5 Å². The Morgan fingerprint density at radius 3 is 2.62 bits per heavy atom. The van der Waals surface area contributed by atoms with Crippen molar-refractivity contribution in [3.63, 3.8) is 0 Å². The van der Waals surface area contributed by atoms with Gasteiger partial charge in [-0.25, -0.2) is 0 Å². The summed E-state index contributed by atoms with van der Waals surface area (Å²) < 4.78 is 0. The van der Waals surface area contributed by atoms with Crippen molar-refractivity contribution in [3.05, 3.63) is 71.3 Å². The number of amides is 1. The summed E-state index contributed by atoms with van der Waals surface area (Å²) in [4.78, 5) is 14.8. The Balaban J connectivity index is 1.56. The first-order valence-corrected chi connectivity index (χ1v) is 8.32. The van der Waals surface area contributed by atoms with Gasteiger partial charge in [0.2, 0.25) is 0 Å². The van der Waals surface area contributed by atoms with Gasteiger partial charge in [0.1, 0.15) is 0 Å². The van der Waals surface area contributed by atoms with E-state index in [0.29, 0.717) is 11.1 Å². The van der Waals surface area contributed by atoms with Crippen molar-refractivity contribution in [1.82, 2.24) is 10.2 Å². The molecule has 122 valence electrons. The molecule has 1 atom stereocenters. The Kier molecular flexibility index (Phi) is 5.25. The minimum atomic E-state index is -0.0638. The molecule has 3 rings (SSSR count). The number of hydrogen-bond acceptors (Lipinski definition) is 3. The third-order valence-electron chi connectivity index (χ3n) is 4.37. The van der Waals surface area contributed by atoms with E-state index in [1.807, 2.05) is 6.07 Å². The van der Waals surface area contributed by atoms with Gasteiger partial charge in [0.15, 0.2) is 0 Å². The lowest BCUT2D eigenvalue weighted by molar-refractivity contribution is 0.0901. The molecule has 4 heteroatoms. The van der Waals surface area contributed by atoms with Gasteiger partial charge in [-0.3, -0.25) is 9.69 Å². The normalized spacial score (nSPS) is 17.9. The monoisotopic (exact) mass is 319 g/mol. The molecule has 1 aliphatic rings. The number of nitrogens with zero attached hydrogens (tertiary/aromatic N) is 2. The average Bonchev–Trinajstić information content (AvgIpc) is 2.63. The van der Waals surface area contributed by atoms with E-state index in [4.69, 9.17) is 5.26 Å². The first kappa shape index (κ1) is 16.2. The van der Waals surface area contributed by atoms with Crippen molar-refractivity contribution in [2.24, 2.45) is 0 Å². The van der Waals surface area contributed by atoms with Gasteiger partial charge in [-0.1, -0.05) is 30.3 Å². The maximum atomic E-state index is 12.4. The molecule has 1 amide bonds. The third kappa shape index (κ3) is 4.21. The molecule has 1 unspecified atom stereocenters. The van der Waals surface area contributed by atoms with Crippen LogP contribution in [0.4, 0.5) is 0 Å². The second-order valence-corrected chi connectivity index (χ2v) is 6.22. The van der Waals surface area contributed by atoms with Crippen LogP contribution >= 0.6 is 0 Å². The molecule has 0 spiro atoms. The molecule has 0 aromatic heterocycles. The number of piperidine rings is 1. The Bertz CT molecular complexity index is 719. The highest BCUT2D eigenvalue weighted by Crippen LogP contribution is 2.14. The van der Waals surface area contributed by atoms with Gasteiger partial charge in [-0.15, -0.1) is 0 Å². The SMILES string of the molecule is N#Cc1ccc(C(=O)NC2CCCN(Cc3ccccc3)C2)cc1. The number of carbonyl (C=O) groups is 1. The molecule has 2 aromatic rings. The lowest BCUT2D eigenvalue weighted by atomic mass is 10.0. The molecule has 1 fully saturated rings. The highest BCUT2D eigenvalue weighted by molar-refractivity contribution is 5.94. The van der Waals surface area contributed by atoms with Gasteiger partial charge in [0, 0.05) is 24.7 Å². The Hall–Kier alpha value is -2.64. The van der Waals surface area contributed by atoms with E-state index in [1.54, 1.807) is 24.3 Å². The van der Waals surface area contributed by atoms with E-state index in [-0.39, 0.29) is 11.9 Å². The fourth-order valence-corrected chi connectivity index (χ4v) is 3.12. The van der Waals surface area contributed by atoms with Gasteiger partial charge >= 0.3 is 0 Å². The second kappa shape index (κ2) is 7.76. The van der Waals surface area contributed by atoms with Crippen LogP contribution in [0.1, 0.15) is 34.3 Å². The molecule has 1 N–H and O–H groups in total. The van der Waals surface area contributed by atoms with Gasteiger partial charge in [0.05, 0.1) is 11.6 Å². The van der Waals surface area contributed by atoms with Crippen LogP contribution in [0.25, 0.3) is 0 Å². The van der Waals surface area contributed by atoms with Gasteiger partial charge < -0.3 is 5.32 Å². The zero-order valence-electron chi connectivity index (χ0n) is 13.6. The third-order valence-corrected chi connectivity index (χ3v) is 4.37. The zero-order chi connectivity index (χ0) is 16.8. The lowest BCUT2D eigenvalue weighted by Crippen LogP contribution is -2.47. The standard InChI is InChI=1S/C20H21N3O/c21-13-16-8-10-18(11-9-16)20(24)22-19-7-4-12-23(15-19)14-17-5-2-1-3-6-17/h1-3,5-6,8-11,19H,4,7,12,14-15H2,(H,22,24). The van der Waals surface area contributed by atoms with Crippen LogP contribution in [0.2, 0.25) is 0 Å². The molecular formula is C20H21N3O. The van der Waals surface area contributed by atoms with Crippen LogP contribution in [0.15, 0.2) is 54.6 Å². The highest BCUT2D eigenvalue weighted by Gasteiger charge is 2.21. The van der Waals surface area contributed by atoms with E-state index < -0.39 is 0 Å². The molecule has 0 bridgehead atoms. The number of benzene rings is 2. The molecular weight excluding hydrogens is 298 g/mol. The number of nitrogens with one attached hydrogen (secondary N) is 1. The molecule has 1 saturated heterocycles. The van der Waals surface area contributed by atoms with E-state index >= 15 is 0 Å². The topological polar surface area (TPSA) is 56.1 Å². The molecule has 2 aromatic carbocycles. The fraction of sp³-hybridized carbons (Fsp3) is 0.300. The summed E-state index contributed by atoms with van der Waals surface area (Å²) in [6, 6.07) is 19.4. The molecule has 1 aliphatic heterocycles. The van der Waals surface area contributed by atoms with Crippen molar-refractivity contribution in [2.45, 2.75) is 25.4 Å². The Morgan fingerprint density at radius 2 is 1.92 bits per heavy atom. The van der Waals surface area contributed by atoms with E-state index in [9.17, 15) is 4.79 Å². The predicted octanol–water partition coefficient (Wildman–Crippen LogP) is 2.95. The number of rotatable bonds is 4. The highest BCUT2D eigenvalue weighted by atomic mass is 16.1. The van der Waals surface area contributed by atoms with Gasteiger partial charge in [-0.05, 0) is 49.2 Å². The zero-order valence-corrected chi connectivity index (χ0v) is 13.6. The number of hydrogen-bond donors (Lipinski definition) is 1. The van der Waals surface area contributed by atoms with Crippen molar-refractivity contribution < 1.29 is 4.79 Å². The van der Waals surface area contributed by atoms with Gasteiger partial charge in [-0.2, -0.15) is 5.26 Å². The Morgan fingerprint density at radius 1 is 1.17 bits per heavy atom. The van der Waals surface area contributed by atoms with Crippen molar-refractivity contribution >= 4 is 5.91 Å². The number of nitriles is 1. The summed E-state index contributed by atoms with van der Waals surface area (Å²) in [6.45, 7) is 2.86. The van der Waals surface area contributed by atoms with Gasteiger partial charge in [0.25, 0.3) is 5.91 Å². The first-order chi connectivity index (χ1) is 11.7. The maximum absolute atomic E-state index is 12.4. The number of carbonyl (C=O) groups excluding carboxylic acids is 1. The Labute approximate surface area is 142 Å². The minimum Gasteiger partial charge on any atom is -0.348 e. The summed E-state index contributed by atoms with van der Waals surface area (Å²) in [5, 5.41) is 11.9. The van der Waals surface area contributed by atoms with Crippen molar-refractivity contribution in [2.75, 3.05) is 13.1 Å². The average molecular weight is 319 g/mol. The summed E-state index contributed by atoms with van der Waals surface area (Å²) in [5.74, 6) is -0.0638. The van der Waals surface area contributed by atoms with Crippen LogP contribution in [0.3, 0.4) is 0 Å². The van der Waals surface area contributed by atoms with Crippen LogP contribution in [-0.2, 0) is 6.54 Å².